The monoisotopic (exact) mass is 293 g/mol. The van der Waals surface area contributed by atoms with Gasteiger partial charge in [0.15, 0.2) is 0 Å². The lowest BCUT2D eigenvalue weighted by molar-refractivity contribution is -0.143. The van der Waals surface area contributed by atoms with Crippen LogP contribution in [0, 0.1) is 0 Å². The molecule has 1 aromatic carbocycles. The third kappa shape index (κ3) is 7.14. The first kappa shape index (κ1) is 17.5. The third-order valence-electron chi connectivity index (χ3n) is 3.35. The minimum absolute atomic E-state index is 0.0990. The van der Waals surface area contributed by atoms with Crippen molar-refractivity contribution in [3.8, 4) is 5.75 Å². The minimum atomic E-state index is -0.110. The van der Waals surface area contributed by atoms with Crippen molar-refractivity contribution < 1.29 is 14.3 Å². The van der Waals surface area contributed by atoms with E-state index in [1.807, 2.05) is 31.2 Å². The first-order valence-corrected chi connectivity index (χ1v) is 7.81. The van der Waals surface area contributed by atoms with Crippen LogP contribution in [0.2, 0.25) is 0 Å². The van der Waals surface area contributed by atoms with Crippen LogP contribution in [0.15, 0.2) is 24.3 Å². The Hall–Kier alpha value is -1.55. The molecule has 0 aliphatic carbocycles. The predicted octanol–water partition coefficient (Wildman–Crippen LogP) is 3.60. The number of carbonyl (C=O) groups is 1. The number of unbranched alkanes of at least 4 members (excludes halogenated alkanes) is 2. The molecule has 4 nitrogen and oxygen atoms in total. The fourth-order valence-corrected chi connectivity index (χ4v) is 2.02. The third-order valence-corrected chi connectivity index (χ3v) is 3.35. The second kappa shape index (κ2) is 10.2. The van der Waals surface area contributed by atoms with Crippen LogP contribution in [0.25, 0.3) is 0 Å². The SMILES string of the molecule is CCOC(=O)CCCCCOc1ccc([C@@H](N)CC)cc1. The summed E-state index contributed by atoms with van der Waals surface area (Å²) < 4.78 is 10.5. The van der Waals surface area contributed by atoms with Crippen LogP contribution < -0.4 is 10.5 Å². The Morgan fingerprint density at radius 2 is 1.86 bits per heavy atom. The van der Waals surface area contributed by atoms with E-state index < -0.39 is 0 Å². The molecular weight excluding hydrogens is 266 g/mol. The van der Waals surface area contributed by atoms with E-state index in [0.717, 1.165) is 37.0 Å². The van der Waals surface area contributed by atoms with Gasteiger partial charge in [-0.3, -0.25) is 4.79 Å². The highest BCUT2D eigenvalue weighted by molar-refractivity contribution is 5.69. The molecule has 0 amide bonds. The van der Waals surface area contributed by atoms with Crippen LogP contribution in [-0.4, -0.2) is 19.2 Å². The predicted molar refractivity (Wildman–Crippen MR) is 84.3 cm³/mol. The van der Waals surface area contributed by atoms with Crippen LogP contribution >= 0.6 is 0 Å². The molecule has 1 atom stereocenters. The second-order valence-corrected chi connectivity index (χ2v) is 5.05. The summed E-state index contributed by atoms with van der Waals surface area (Å²) >= 11 is 0. The lowest BCUT2D eigenvalue weighted by Crippen LogP contribution is -2.08. The van der Waals surface area contributed by atoms with E-state index in [9.17, 15) is 4.79 Å². The van der Waals surface area contributed by atoms with Gasteiger partial charge in [0.1, 0.15) is 5.75 Å². The maximum Gasteiger partial charge on any atom is 0.305 e. The van der Waals surface area contributed by atoms with Gasteiger partial charge in [-0.1, -0.05) is 19.1 Å². The van der Waals surface area contributed by atoms with Crippen LogP contribution in [0.5, 0.6) is 5.75 Å². The van der Waals surface area contributed by atoms with Crippen molar-refractivity contribution in [2.45, 2.75) is 52.0 Å². The van der Waals surface area contributed by atoms with E-state index in [-0.39, 0.29) is 12.0 Å². The van der Waals surface area contributed by atoms with Crippen LogP contribution in [0.1, 0.15) is 57.6 Å². The smallest absolute Gasteiger partial charge is 0.305 e. The van der Waals surface area contributed by atoms with Gasteiger partial charge in [0.25, 0.3) is 0 Å². The second-order valence-electron chi connectivity index (χ2n) is 5.05. The molecule has 0 aliphatic rings. The first-order valence-electron chi connectivity index (χ1n) is 7.81. The molecule has 0 radical (unpaired) electrons. The maximum atomic E-state index is 11.1. The molecule has 0 heterocycles. The van der Waals surface area contributed by atoms with E-state index >= 15 is 0 Å². The highest BCUT2D eigenvalue weighted by atomic mass is 16.5. The topological polar surface area (TPSA) is 61.5 Å². The summed E-state index contributed by atoms with van der Waals surface area (Å²) in [5.41, 5.74) is 7.10. The Bertz CT molecular complexity index is 403. The van der Waals surface area contributed by atoms with Crippen LogP contribution in [-0.2, 0) is 9.53 Å². The van der Waals surface area contributed by atoms with Gasteiger partial charge in [-0.05, 0) is 50.3 Å². The summed E-state index contributed by atoms with van der Waals surface area (Å²) in [6, 6.07) is 8.06. The highest BCUT2D eigenvalue weighted by Crippen LogP contribution is 2.18. The number of rotatable bonds is 10. The van der Waals surface area contributed by atoms with Crippen molar-refractivity contribution in [1.82, 2.24) is 0 Å². The average Bonchev–Trinajstić information content (AvgIpc) is 2.51. The zero-order valence-electron chi connectivity index (χ0n) is 13.1. The van der Waals surface area contributed by atoms with Gasteiger partial charge in [-0.25, -0.2) is 0 Å². The summed E-state index contributed by atoms with van der Waals surface area (Å²) in [6.45, 7) is 5.03. The molecule has 0 spiro atoms. The lowest BCUT2D eigenvalue weighted by atomic mass is 10.1. The molecule has 21 heavy (non-hydrogen) atoms. The summed E-state index contributed by atoms with van der Waals surface area (Å²) in [7, 11) is 0. The van der Waals surface area contributed by atoms with Gasteiger partial charge < -0.3 is 15.2 Å². The van der Waals surface area contributed by atoms with Crippen LogP contribution in [0.4, 0.5) is 0 Å². The van der Waals surface area contributed by atoms with Gasteiger partial charge in [0.05, 0.1) is 13.2 Å². The number of hydrogen-bond acceptors (Lipinski definition) is 4. The van der Waals surface area contributed by atoms with E-state index in [1.165, 1.54) is 0 Å². The minimum Gasteiger partial charge on any atom is -0.494 e. The van der Waals surface area contributed by atoms with Crippen molar-refractivity contribution in [2.75, 3.05) is 13.2 Å². The number of esters is 1. The number of benzene rings is 1. The van der Waals surface area contributed by atoms with E-state index in [2.05, 4.69) is 6.92 Å². The number of nitrogens with two attached hydrogens (primary N) is 1. The molecule has 1 aromatic rings. The zero-order valence-corrected chi connectivity index (χ0v) is 13.1. The fourth-order valence-electron chi connectivity index (χ4n) is 2.02. The first-order chi connectivity index (χ1) is 10.2. The molecule has 4 heteroatoms. The summed E-state index contributed by atoms with van der Waals surface area (Å²) in [4.78, 5) is 11.1. The van der Waals surface area contributed by atoms with Gasteiger partial charge in [-0.2, -0.15) is 0 Å². The normalized spacial score (nSPS) is 12.0. The Morgan fingerprint density at radius 1 is 1.14 bits per heavy atom. The average molecular weight is 293 g/mol. The molecule has 118 valence electrons. The lowest BCUT2D eigenvalue weighted by Gasteiger charge is -2.10. The maximum absolute atomic E-state index is 11.1. The van der Waals surface area contributed by atoms with E-state index in [0.29, 0.717) is 19.6 Å². The van der Waals surface area contributed by atoms with Gasteiger partial charge >= 0.3 is 5.97 Å². The Balaban J connectivity index is 2.14. The molecule has 1 rings (SSSR count). The quantitative estimate of drug-likeness (QED) is 0.529. The van der Waals surface area contributed by atoms with Gasteiger partial charge in [0.2, 0.25) is 0 Å². The summed E-state index contributed by atoms with van der Waals surface area (Å²) in [5, 5.41) is 0. The molecule has 0 fully saturated rings. The molecule has 0 aliphatic heterocycles. The molecule has 0 bridgehead atoms. The van der Waals surface area contributed by atoms with Crippen molar-refractivity contribution in [2.24, 2.45) is 5.73 Å². The Labute approximate surface area is 127 Å². The van der Waals surface area contributed by atoms with Crippen molar-refractivity contribution in [3.63, 3.8) is 0 Å². The summed E-state index contributed by atoms with van der Waals surface area (Å²) in [6.07, 6.45) is 4.19. The highest BCUT2D eigenvalue weighted by Gasteiger charge is 2.03. The molecular formula is C17H27NO3. The number of carbonyl (C=O) groups excluding carboxylic acids is 1. The van der Waals surface area contributed by atoms with E-state index in [4.69, 9.17) is 15.2 Å². The van der Waals surface area contributed by atoms with Crippen LogP contribution in [0.3, 0.4) is 0 Å². The van der Waals surface area contributed by atoms with Crippen molar-refractivity contribution >= 4 is 5.97 Å². The van der Waals surface area contributed by atoms with Gasteiger partial charge in [0, 0.05) is 12.5 Å². The number of ether oxygens (including phenoxy) is 2. The fraction of sp³-hybridized carbons (Fsp3) is 0.588. The zero-order chi connectivity index (χ0) is 15.5. The van der Waals surface area contributed by atoms with Gasteiger partial charge in [-0.15, -0.1) is 0 Å². The largest absolute Gasteiger partial charge is 0.494 e. The summed E-state index contributed by atoms with van der Waals surface area (Å²) in [5.74, 6) is 0.758. The van der Waals surface area contributed by atoms with Crippen molar-refractivity contribution in [3.05, 3.63) is 29.8 Å². The molecule has 0 saturated heterocycles. The van der Waals surface area contributed by atoms with E-state index in [1.54, 1.807) is 0 Å². The number of hydrogen-bond donors (Lipinski definition) is 1. The molecule has 0 aromatic heterocycles. The Morgan fingerprint density at radius 3 is 2.48 bits per heavy atom. The Kier molecular flexibility index (Phi) is 8.51. The molecule has 2 N–H and O–H groups in total. The molecule has 0 unspecified atom stereocenters. The standard InChI is InChI=1S/C17H27NO3/c1-3-16(18)14-9-11-15(12-10-14)21-13-7-5-6-8-17(19)20-4-2/h9-12,16H,3-8,13,18H2,1-2H3/t16-/m0/s1. The van der Waals surface area contributed by atoms with Crippen molar-refractivity contribution in [1.29, 1.82) is 0 Å². The molecule has 0 saturated carbocycles.